The molecular formula is C9H15N2+. The van der Waals surface area contributed by atoms with Crippen molar-refractivity contribution in [3.63, 3.8) is 0 Å². The van der Waals surface area contributed by atoms with Crippen molar-refractivity contribution in [3.8, 4) is 0 Å². The van der Waals surface area contributed by atoms with E-state index >= 15 is 0 Å². The van der Waals surface area contributed by atoms with Gasteiger partial charge in [-0.25, -0.2) is 9.13 Å². The van der Waals surface area contributed by atoms with Crippen LogP contribution < -0.4 is 4.57 Å². The highest BCUT2D eigenvalue weighted by Crippen LogP contribution is 1.92. The summed E-state index contributed by atoms with van der Waals surface area (Å²) < 4.78 is 4.32. The van der Waals surface area contributed by atoms with Crippen molar-refractivity contribution < 1.29 is 4.57 Å². The Morgan fingerprint density at radius 1 is 1.64 bits per heavy atom. The van der Waals surface area contributed by atoms with Crippen molar-refractivity contribution in [2.75, 3.05) is 0 Å². The van der Waals surface area contributed by atoms with E-state index in [1.165, 1.54) is 5.82 Å². The first-order chi connectivity index (χ1) is 5.25. The topological polar surface area (TPSA) is 8.81 Å². The molecule has 0 spiro atoms. The summed E-state index contributed by atoms with van der Waals surface area (Å²) >= 11 is 0. The lowest BCUT2D eigenvalue weighted by molar-refractivity contribution is -0.677. The van der Waals surface area contributed by atoms with E-state index in [2.05, 4.69) is 47.7 Å². The molecule has 0 amide bonds. The summed E-state index contributed by atoms with van der Waals surface area (Å²) in [5, 5.41) is 0. The second-order valence-corrected chi connectivity index (χ2v) is 2.68. The molecule has 1 aromatic rings. The molecule has 0 aliphatic rings. The van der Waals surface area contributed by atoms with Gasteiger partial charge in [-0.15, -0.1) is 0 Å². The lowest BCUT2D eigenvalue weighted by Crippen LogP contribution is -2.29. The maximum absolute atomic E-state index is 2.21. The van der Waals surface area contributed by atoms with Crippen molar-refractivity contribution in [2.45, 2.75) is 20.4 Å². The average Bonchev–Trinajstić information content (AvgIpc) is 2.31. The second kappa shape index (κ2) is 3.37. The van der Waals surface area contributed by atoms with Gasteiger partial charge < -0.3 is 0 Å². The summed E-state index contributed by atoms with van der Waals surface area (Å²) in [5.41, 5.74) is 0. The van der Waals surface area contributed by atoms with E-state index in [9.17, 15) is 0 Å². The smallest absolute Gasteiger partial charge is 0.237 e. The van der Waals surface area contributed by atoms with Crippen molar-refractivity contribution in [1.29, 1.82) is 0 Å². The standard InChI is InChI=1S/C9H15N2/c1-4-5-6-11-8-7-10(3)9(11)2/h4-5,7-8H,6H2,1-3H3/q+1. The number of nitrogens with zero attached hydrogens (tertiary/aromatic N) is 2. The van der Waals surface area contributed by atoms with E-state index in [4.69, 9.17) is 0 Å². The SMILES string of the molecule is CC=CCn1cc[n+](C)c1C. The van der Waals surface area contributed by atoms with Crippen LogP contribution >= 0.6 is 0 Å². The molecule has 2 nitrogen and oxygen atoms in total. The van der Waals surface area contributed by atoms with Gasteiger partial charge in [-0.1, -0.05) is 6.08 Å². The minimum Gasteiger partial charge on any atom is -0.237 e. The lowest BCUT2D eigenvalue weighted by atomic mass is 10.5. The van der Waals surface area contributed by atoms with E-state index in [1.54, 1.807) is 0 Å². The van der Waals surface area contributed by atoms with Crippen molar-refractivity contribution in [3.05, 3.63) is 30.4 Å². The van der Waals surface area contributed by atoms with E-state index in [1.807, 2.05) is 6.92 Å². The van der Waals surface area contributed by atoms with Gasteiger partial charge in [-0.3, -0.25) is 0 Å². The summed E-state index contributed by atoms with van der Waals surface area (Å²) in [6.45, 7) is 5.13. The molecule has 0 N–H and O–H groups in total. The van der Waals surface area contributed by atoms with E-state index in [0.717, 1.165) is 6.54 Å². The lowest BCUT2D eigenvalue weighted by Gasteiger charge is -1.92. The number of aryl methyl sites for hydroxylation is 1. The van der Waals surface area contributed by atoms with Crippen LogP contribution in [0.1, 0.15) is 12.7 Å². The quantitative estimate of drug-likeness (QED) is 0.443. The fourth-order valence-corrected chi connectivity index (χ4v) is 1.01. The number of aromatic nitrogens is 2. The predicted molar refractivity (Wildman–Crippen MR) is 45.2 cm³/mol. The summed E-state index contributed by atoms with van der Waals surface area (Å²) in [5.74, 6) is 1.28. The number of hydrogen-bond acceptors (Lipinski definition) is 0. The zero-order valence-corrected chi connectivity index (χ0v) is 7.41. The van der Waals surface area contributed by atoms with Crippen LogP contribution in [0, 0.1) is 6.92 Å². The summed E-state index contributed by atoms with van der Waals surface area (Å²) in [4.78, 5) is 0. The molecule has 0 fully saturated rings. The third-order valence-electron chi connectivity index (χ3n) is 1.93. The van der Waals surface area contributed by atoms with Crippen LogP contribution in [0.25, 0.3) is 0 Å². The normalized spacial score (nSPS) is 11.2. The van der Waals surface area contributed by atoms with Gasteiger partial charge in [0, 0.05) is 6.92 Å². The summed E-state index contributed by atoms with van der Waals surface area (Å²) in [7, 11) is 2.06. The molecule has 0 aromatic carbocycles. The average molecular weight is 151 g/mol. The zero-order valence-electron chi connectivity index (χ0n) is 7.41. The Labute approximate surface area is 67.8 Å². The van der Waals surface area contributed by atoms with E-state index < -0.39 is 0 Å². The fraction of sp³-hybridized carbons (Fsp3) is 0.444. The van der Waals surface area contributed by atoms with Crippen LogP contribution in [0.15, 0.2) is 24.5 Å². The van der Waals surface area contributed by atoms with Gasteiger partial charge in [-0.05, 0) is 13.0 Å². The monoisotopic (exact) mass is 151 g/mol. The Bertz CT molecular complexity index is 259. The fourth-order valence-electron chi connectivity index (χ4n) is 1.01. The minimum absolute atomic E-state index is 0.975. The van der Waals surface area contributed by atoms with Crippen molar-refractivity contribution in [2.24, 2.45) is 7.05 Å². The molecule has 11 heavy (non-hydrogen) atoms. The third kappa shape index (κ3) is 1.70. The number of allylic oxidation sites excluding steroid dienone is 2. The van der Waals surface area contributed by atoms with Gasteiger partial charge in [-0.2, -0.15) is 0 Å². The van der Waals surface area contributed by atoms with E-state index in [-0.39, 0.29) is 0 Å². The van der Waals surface area contributed by atoms with E-state index in [0.29, 0.717) is 0 Å². The molecule has 1 rings (SSSR count). The first-order valence-corrected chi connectivity index (χ1v) is 3.88. The van der Waals surface area contributed by atoms with Gasteiger partial charge in [0.25, 0.3) is 5.82 Å². The van der Waals surface area contributed by atoms with Crippen LogP contribution in [0.5, 0.6) is 0 Å². The third-order valence-corrected chi connectivity index (χ3v) is 1.93. The largest absolute Gasteiger partial charge is 0.253 e. The maximum atomic E-state index is 2.21. The minimum atomic E-state index is 0.975. The van der Waals surface area contributed by atoms with Crippen LogP contribution in [-0.2, 0) is 13.6 Å². The van der Waals surface area contributed by atoms with Crippen LogP contribution in [0.2, 0.25) is 0 Å². The van der Waals surface area contributed by atoms with Gasteiger partial charge in [0.1, 0.15) is 18.9 Å². The molecule has 0 saturated carbocycles. The molecule has 0 atom stereocenters. The van der Waals surface area contributed by atoms with Crippen molar-refractivity contribution in [1.82, 2.24) is 4.57 Å². The summed E-state index contributed by atoms with van der Waals surface area (Å²) in [6.07, 6.45) is 8.38. The second-order valence-electron chi connectivity index (χ2n) is 2.68. The molecule has 1 aromatic heterocycles. The molecule has 0 unspecified atom stereocenters. The zero-order chi connectivity index (χ0) is 8.27. The highest BCUT2D eigenvalue weighted by atomic mass is 15.1. The molecule has 1 heterocycles. The highest BCUT2D eigenvalue weighted by Gasteiger charge is 2.05. The number of hydrogen-bond donors (Lipinski definition) is 0. The Morgan fingerprint density at radius 2 is 2.36 bits per heavy atom. The first-order valence-electron chi connectivity index (χ1n) is 3.88. The maximum Gasteiger partial charge on any atom is 0.253 e. The van der Waals surface area contributed by atoms with Gasteiger partial charge in [0.2, 0.25) is 0 Å². The Hall–Kier alpha value is -1.05. The Kier molecular flexibility index (Phi) is 2.47. The molecular weight excluding hydrogens is 136 g/mol. The molecule has 60 valence electrons. The number of imidazole rings is 1. The molecule has 2 heteroatoms. The van der Waals surface area contributed by atoms with Gasteiger partial charge >= 0.3 is 0 Å². The Balaban J connectivity index is 2.78. The first kappa shape index (κ1) is 8.05. The van der Waals surface area contributed by atoms with Crippen LogP contribution in [0.4, 0.5) is 0 Å². The highest BCUT2D eigenvalue weighted by molar-refractivity contribution is 4.85. The molecule has 0 radical (unpaired) electrons. The molecule has 0 aliphatic heterocycles. The predicted octanol–water partition coefficient (Wildman–Crippen LogP) is 1.20. The summed E-state index contributed by atoms with van der Waals surface area (Å²) in [6, 6.07) is 0. The van der Waals surface area contributed by atoms with Gasteiger partial charge in [0.15, 0.2) is 0 Å². The molecule has 0 saturated heterocycles. The molecule has 0 aliphatic carbocycles. The Morgan fingerprint density at radius 3 is 2.82 bits per heavy atom. The van der Waals surface area contributed by atoms with Crippen LogP contribution in [-0.4, -0.2) is 4.57 Å². The molecule has 0 bridgehead atoms. The number of rotatable bonds is 2. The van der Waals surface area contributed by atoms with Crippen molar-refractivity contribution >= 4 is 0 Å². The van der Waals surface area contributed by atoms with Crippen LogP contribution in [0.3, 0.4) is 0 Å². The van der Waals surface area contributed by atoms with Gasteiger partial charge in [0.05, 0.1) is 7.05 Å².